The van der Waals surface area contributed by atoms with Gasteiger partial charge in [0.1, 0.15) is 0 Å². The number of nitrogens with one attached hydrogen (secondary N) is 1. The second kappa shape index (κ2) is 5.06. The van der Waals surface area contributed by atoms with E-state index < -0.39 is 0 Å². The molecule has 3 rings (SSSR count). The number of nitrogens with zero attached hydrogens (tertiary/aromatic N) is 2. The number of pyridine rings is 2. The van der Waals surface area contributed by atoms with Gasteiger partial charge in [0.25, 0.3) is 0 Å². The van der Waals surface area contributed by atoms with Gasteiger partial charge in [-0.05, 0) is 36.8 Å². The lowest BCUT2D eigenvalue weighted by Gasteiger charge is -2.16. The molecule has 3 aromatic rings. The summed E-state index contributed by atoms with van der Waals surface area (Å²) >= 11 is 0. The third kappa shape index (κ3) is 2.40. The van der Waals surface area contributed by atoms with Crippen molar-refractivity contribution in [2.75, 3.05) is 5.32 Å². The average molecular weight is 249 g/mol. The van der Waals surface area contributed by atoms with Crippen LogP contribution in [0.3, 0.4) is 0 Å². The molecule has 3 nitrogen and oxygen atoms in total. The zero-order valence-electron chi connectivity index (χ0n) is 10.7. The van der Waals surface area contributed by atoms with E-state index in [1.807, 2.05) is 55.0 Å². The molecule has 19 heavy (non-hydrogen) atoms. The van der Waals surface area contributed by atoms with Crippen molar-refractivity contribution in [2.24, 2.45) is 0 Å². The summed E-state index contributed by atoms with van der Waals surface area (Å²) in [5, 5.41) is 4.68. The first-order valence-corrected chi connectivity index (χ1v) is 6.35. The fourth-order valence-corrected chi connectivity index (χ4v) is 2.19. The summed E-state index contributed by atoms with van der Waals surface area (Å²) in [4.78, 5) is 8.42. The summed E-state index contributed by atoms with van der Waals surface area (Å²) in [7, 11) is 0. The minimum Gasteiger partial charge on any atom is -0.378 e. The van der Waals surface area contributed by atoms with E-state index >= 15 is 0 Å². The molecule has 0 fully saturated rings. The number of benzene rings is 1. The molecule has 0 amide bonds. The quantitative estimate of drug-likeness (QED) is 0.767. The summed E-state index contributed by atoms with van der Waals surface area (Å²) in [5.74, 6) is 0. The molecule has 0 saturated heterocycles. The maximum atomic E-state index is 4.37. The van der Waals surface area contributed by atoms with Crippen molar-refractivity contribution >= 4 is 16.6 Å². The number of aromatic nitrogens is 2. The van der Waals surface area contributed by atoms with Gasteiger partial charge in [-0.25, -0.2) is 0 Å². The molecule has 0 spiro atoms. The summed E-state index contributed by atoms with van der Waals surface area (Å²) in [6.07, 6.45) is 5.47. The SMILES string of the molecule is C[C@H](Nc1ccnc2ccccc12)c1ccncc1. The van der Waals surface area contributed by atoms with Gasteiger partial charge in [-0.15, -0.1) is 0 Å². The van der Waals surface area contributed by atoms with Crippen LogP contribution in [0.15, 0.2) is 61.1 Å². The predicted molar refractivity (Wildman–Crippen MR) is 78.0 cm³/mol. The summed E-state index contributed by atoms with van der Waals surface area (Å²) in [6, 6.07) is 14.5. The van der Waals surface area contributed by atoms with Crippen LogP contribution in [0.2, 0.25) is 0 Å². The first kappa shape index (κ1) is 11.7. The van der Waals surface area contributed by atoms with Crippen molar-refractivity contribution in [2.45, 2.75) is 13.0 Å². The first-order valence-electron chi connectivity index (χ1n) is 6.35. The molecule has 0 unspecified atom stereocenters. The summed E-state index contributed by atoms with van der Waals surface area (Å²) in [6.45, 7) is 2.14. The highest BCUT2D eigenvalue weighted by atomic mass is 14.9. The van der Waals surface area contributed by atoms with Gasteiger partial charge in [-0.2, -0.15) is 0 Å². The fraction of sp³-hybridized carbons (Fsp3) is 0.125. The van der Waals surface area contributed by atoms with Crippen LogP contribution in [-0.4, -0.2) is 9.97 Å². The zero-order valence-corrected chi connectivity index (χ0v) is 10.7. The van der Waals surface area contributed by atoms with Crippen LogP contribution >= 0.6 is 0 Å². The topological polar surface area (TPSA) is 37.8 Å². The largest absolute Gasteiger partial charge is 0.378 e. The van der Waals surface area contributed by atoms with E-state index in [0.29, 0.717) is 0 Å². The second-order valence-corrected chi connectivity index (χ2v) is 4.52. The van der Waals surface area contributed by atoms with E-state index in [1.165, 1.54) is 5.56 Å². The Morgan fingerprint density at radius 3 is 2.58 bits per heavy atom. The molecular formula is C16H15N3. The van der Waals surface area contributed by atoms with Gasteiger partial charge in [0.05, 0.1) is 5.52 Å². The van der Waals surface area contributed by atoms with E-state index in [9.17, 15) is 0 Å². The molecule has 0 bridgehead atoms. The molecule has 0 radical (unpaired) electrons. The average Bonchev–Trinajstić information content (AvgIpc) is 2.48. The van der Waals surface area contributed by atoms with Gasteiger partial charge in [0.15, 0.2) is 0 Å². The number of rotatable bonds is 3. The Kier molecular flexibility index (Phi) is 3.11. The van der Waals surface area contributed by atoms with Gasteiger partial charge < -0.3 is 5.32 Å². The number of anilines is 1. The first-order chi connectivity index (χ1) is 9.34. The van der Waals surface area contributed by atoms with Crippen LogP contribution in [0.1, 0.15) is 18.5 Å². The lowest BCUT2D eigenvalue weighted by Crippen LogP contribution is -2.07. The normalized spacial score (nSPS) is 12.3. The number of hydrogen-bond acceptors (Lipinski definition) is 3. The van der Waals surface area contributed by atoms with Crippen LogP contribution in [-0.2, 0) is 0 Å². The molecule has 2 aromatic heterocycles. The predicted octanol–water partition coefficient (Wildman–Crippen LogP) is 3.80. The van der Waals surface area contributed by atoms with Gasteiger partial charge >= 0.3 is 0 Å². The van der Waals surface area contributed by atoms with E-state index in [2.05, 4.69) is 28.3 Å². The standard InChI is InChI=1S/C16H15N3/c1-12(13-6-9-17-10-7-13)19-16-8-11-18-15-5-3-2-4-14(15)16/h2-12H,1H3,(H,18,19)/t12-/m0/s1. The number of fused-ring (bicyclic) bond motifs is 1. The molecule has 0 aliphatic carbocycles. The molecule has 2 heterocycles. The van der Waals surface area contributed by atoms with E-state index in [0.717, 1.165) is 16.6 Å². The highest BCUT2D eigenvalue weighted by molar-refractivity contribution is 5.90. The van der Waals surface area contributed by atoms with Crippen molar-refractivity contribution in [3.8, 4) is 0 Å². The Labute approximate surface area is 112 Å². The Balaban J connectivity index is 1.94. The maximum absolute atomic E-state index is 4.37. The Morgan fingerprint density at radius 1 is 0.947 bits per heavy atom. The van der Waals surface area contributed by atoms with Crippen LogP contribution in [0.25, 0.3) is 10.9 Å². The Morgan fingerprint density at radius 2 is 1.74 bits per heavy atom. The molecule has 0 aliphatic heterocycles. The van der Waals surface area contributed by atoms with Crippen molar-refractivity contribution < 1.29 is 0 Å². The molecular weight excluding hydrogens is 234 g/mol. The molecule has 0 saturated carbocycles. The summed E-state index contributed by atoms with van der Waals surface area (Å²) in [5.41, 5.74) is 3.33. The fourth-order valence-electron chi connectivity index (χ4n) is 2.19. The van der Waals surface area contributed by atoms with Crippen molar-refractivity contribution in [3.05, 3.63) is 66.6 Å². The van der Waals surface area contributed by atoms with Gasteiger partial charge in [0, 0.05) is 35.7 Å². The van der Waals surface area contributed by atoms with E-state index in [1.54, 1.807) is 0 Å². The number of para-hydroxylation sites is 1. The van der Waals surface area contributed by atoms with E-state index in [-0.39, 0.29) is 6.04 Å². The van der Waals surface area contributed by atoms with Gasteiger partial charge in [-0.1, -0.05) is 18.2 Å². The third-order valence-electron chi connectivity index (χ3n) is 3.23. The minimum atomic E-state index is 0.230. The molecule has 1 aromatic carbocycles. The lowest BCUT2D eigenvalue weighted by atomic mass is 10.1. The van der Waals surface area contributed by atoms with Crippen LogP contribution in [0.5, 0.6) is 0 Å². The van der Waals surface area contributed by atoms with Crippen molar-refractivity contribution in [1.29, 1.82) is 0 Å². The second-order valence-electron chi connectivity index (χ2n) is 4.52. The number of hydrogen-bond donors (Lipinski definition) is 1. The molecule has 3 heteroatoms. The van der Waals surface area contributed by atoms with Crippen molar-refractivity contribution in [3.63, 3.8) is 0 Å². The smallest absolute Gasteiger partial charge is 0.0722 e. The minimum absolute atomic E-state index is 0.230. The highest BCUT2D eigenvalue weighted by Gasteiger charge is 2.07. The van der Waals surface area contributed by atoms with Crippen LogP contribution < -0.4 is 5.32 Å². The molecule has 0 aliphatic rings. The zero-order chi connectivity index (χ0) is 13.1. The summed E-state index contributed by atoms with van der Waals surface area (Å²) < 4.78 is 0. The van der Waals surface area contributed by atoms with Gasteiger partial charge in [0.2, 0.25) is 0 Å². The van der Waals surface area contributed by atoms with E-state index in [4.69, 9.17) is 0 Å². The maximum Gasteiger partial charge on any atom is 0.0722 e. The van der Waals surface area contributed by atoms with Crippen molar-refractivity contribution in [1.82, 2.24) is 9.97 Å². The Hall–Kier alpha value is -2.42. The van der Waals surface area contributed by atoms with Crippen LogP contribution in [0.4, 0.5) is 5.69 Å². The van der Waals surface area contributed by atoms with Crippen LogP contribution in [0, 0.1) is 0 Å². The Bertz CT molecular complexity index is 674. The molecule has 1 atom stereocenters. The monoisotopic (exact) mass is 249 g/mol. The van der Waals surface area contributed by atoms with Gasteiger partial charge in [-0.3, -0.25) is 9.97 Å². The lowest BCUT2D eigenvalue weighted by molar-refractivity contribution is 0.882. The highest BCUT2D eigenvalue weighted by Crippen LogP contribution is 2.25. The molecule has 1 N–H and O–H groups in total. The third-order valence-corrected chi connectivity index (χ3v) is 3.23. The molecule has 94 valence electrons.